The van der Waals surface area contributed by atoms with Crippen molar-refractivity contribution in [3.63, 3.8) is 0 Å². The van der Waals surface area contributed by atoms with E-state index in [1.165, 1.54) is 4.90 Å². The number of hydrogen-bond donors (Lipinski definition) is 1. The molecule has 0 saturated carbocycles. The van der Waals surface area contributed by atoms with Crippen LogP contribution >= 0.6 is 0 Å². The van der Waals surface area contributed by atoms with Crippen LogP contribution in [0.2, 0.25) is 0 Å². The Kier molecular flexibility index (Phi) is 9.88. The van der Waals surface area contributed by atoms with Crippen molar-refractivity contribution in [2.45, 2.75) is 76.9 Å². The number of fused-ring (bicyclic) bond motifs is 1. The lowest BCUT2D eigenvalue weighted by molar-refractivity contribution is -0.158. The fourth-order valence-electron chi connectivity index (χ4n) is 5.97. The van der Waals surface area contributed by atoms with Gasteiger partial charge < -0.3 is 33.9 Å². The summed E-state index contributed by atoms with van der Waals surface area (Å²) in [5.74, 6) is -1.03. The number of aliphatic hydroxyl groups is 1. The van der Waals surface area contributed by atoms with Crippen LogP contribution in [0.3, 0.4) is 0 Å². The van der Waals surface area contributed by atoms with E-state index in [0.717, 1.165) is 42.1 Å². The summed E-state index contributed by atoms with van der Waals surface area (Å²) < 4.78 is 21.2. The maximum absolute atomic E-state index is 13.3. The van der Waals surface area contributed by atoms with Gasteiger partial charge in [0.15, 0.2) is 13.0 Å². The number of amides is 3. The molecule has 12 nitrogen and oxygen atoms in total. The van der Waals surface area contributed by atoms with E-state index in [4.69, 9.17) is 18.9 Å². The number of ether oxygens (including phenoxy) is 4. The molecule has 0 spiro atoms. The van der Waals surface area contributed by atoms with Gasteiger partial charge in [0.1, 0.15) is 11.6 Å². The SMILES string of the molecule is CCCC(C)(CO)OC(=O)OCN1C(=O)CCC(N2Cc3cc(N4CCC(C(OC)OC)CC4)ccc3C2=O)C1=O. The van der Waals surface area contributed by atoms with E-state index in [2.05, 4.69) is 4.90 Å². The van der Waals surface area contributed by atoms with Gasteiger partial charge in [0.2, 0.25) is 5.91 Å². The largest absolute Gasteiger partial charge is 0.510 e. The highest BCUT2D eigenvalue weighted by Gasteiger charge is 2.43. The van der Waals surface area contributed by atoms with Crippen molar-refractivity contribution in [3.05, 3.63) is 29.3 Å². The molecule has 0 aliphatic carbocycles. The van der Waals surface area contributed by atoms with Gasteiger partial charge in [0, 0.05) is 57.4 Å². The third-order valence-corrected chi connectivity index (χ3v) is 8.29. The zero-order valence-electron chi connectivity index (χ0n) is 24.3. The van der Waals surface area contributed by atoms with Crippen LogP contribution in [-0.2, 0) is 35.1 Å². The van der Waals surface area contributed by atoms with Crippen LogP contribution in [0, 0.1) is 5.92 Å². The summed E-state index contributed by atoms with van der Waals surface area (Å²) in [6.07, 6.45) is 1.85. The molecule has 0 bridgehead atoms. The molecule has 0 aromatic heterocycles. The van der Waals surface area contributed by atoms with Crippen molar-refractivity contribution in [1.82, 2.24) is 9.80 Å². The lowest BCUT2D eigenvalue weighted by atomic mass is 9.95. The van der Waals surface area contributed by atoms with Gasteiger partial charge in [-0.3, -0.25) is 14.4 Å². The predicted molar refractivity (Wildman–Crippen MR) is 147 cm³/mol. The molecule has 3 amide bonds. The fourth-order valence-corrected chi connectivity index (χ4v) is 5.97. The lowest BCUT2D eigenvalue weighted by Crippen LogP contribution is -2.55. The van der Waals surface area contributed by atoms with Gasteiger partial charge in [-0.25, -0.2) is 9.69 Å². The molecule has 4 rings (SSSR count). The molecule has 0 radical (unpaired) electrons. The van der Waals surface area contributed by atoms with Crippen molar-refractivity contribution >= 4 is 29.6 Å². The molecule has 1 aromatic rings. The normalized spacial score (nSPS) is 21.4. The van der Waals surface area contributed by atoms with Crippen molar-refractivity contribution in [2.24, 2.45) is 5.92 Å². The maximum atomic E-state index is 13.3. The Balaban J connectivity index is 1.38. The van der Waals surface area contributed by atoms with Crippen LogP contribution in [0.15, 0.2) is 18.2 Å². The minimum absolute atomic E-state index is 0.0310. The Labute approximate surface area is 240 Å². The number of likely N-dealkylation sites (tertiary alicyclic amines) is 1. The average molecular weight is 576 g/mol. The van der Waals surface area contributed by atoms with Crippen LogP contribution in [-0.4, -0.2) is 97.4 Å². The number of nitrogens with zero attached hydrogens (tertiary/aromatic N) is 3. The number of benzene rings is 1. The van der Waals surface area contributed by atoms with Crippen LogP contribution in [0.4, 0.5) is 10.5 Å². The van der Waals surface area contributed by atoms with E-state index < -0.39 is 36.3 Å². The third-order valence-electron chi connectivity index (χ3n) is 8.29. The number of carbonyl (C=O) groups is 4. The summed E-state index contributed by atoms with van der Waals surface area (Å²) in [5, 5.41) is 9.56. The molecule has 2 saturated heterocycles. The van der Waals surface area contributed by atoms with Crippen LogP contribution in [0.25, 0.3) is 0 Å². The Hall–Kier alpha value is -3.22. The average Bonchev–Trinajstić information content (AvgIpc) is 3.29. The van der Waals surface area contributed by atoms with E-state index in [1.807, 2.05) is 19.1 Å². The minimum atomic E-state index is -1.12. The summed E-state index contributed by atoms with van der Waals surface area (Å²) in [6.45, 7) is 4.37. The van der Waals surface area contributed by atoms with Crippen LogP contribution in [0.5, 0.6) is 0 Å². The first kappa shape index (κ1) is 30.7. The Bertz CT molecular complexity index is 1130. The van der Waals surface area contributed by atoms with Gasteiger partial charge in [-0.1, -0.05) is 13.3 Å². The number of rotatable bonds is 11. The second kappa shape index (κ2) is 13.2. The van der Waals surface area contributed by atoms with Crippen molar-refractivity contribution in [3.8, 4) is 0 Å². The highest BCUT2D eigenvalue weighted by molar-refractivity contribution is 6.05. The molecule has 2 atom stereocenters. The summed E-state index contributed by atoms with van der Waals surface area (Å²) in [4.78, 5) is 56.1. The number of anilines is 1. The highest BCUT2D eigenvalue weighted by Crippen LogP contribution is 2.33. The van der Waals surface area contributed by atoms with Crippen molar-refractivity contribution < 1.29 is 43.2 Å². The third kappa shape index (κ3) is 6.65. The number of carbonyl (C=O) groups excluding carboxylic acids is 4. The lowest BCUT2D eigenvalue weighted by Gasteiger charge is -2.36. The number of aliphatic hydroxyl groups excluding tert-OH is 1. The molecule has 2 fully saturated rings. The molecule has 3 heterocycles. The molecule has 41 heavy (non-hydrogen) atoms. The quantitative estimate of drug-likeness (QED) is 0.238. The summed E-state index contributed by atoms with van der Waals surface area (Å²) in [7, 11) is 3.30. The Morgan fingerprint density at radius 2 is 1.83 bits per heavy atom. The molecule has 3 aliphatic heterocycles. The molecule has 1 N–H and O–H groups in total. The van der Waals surface area contributed by atoms with Crippen molar-refractivity contribution in [2.75, 3.05) is 45.5 Å². The number of piperidine rings is 2. The van der Waals surface area contributed by atoms with E-state index in [1.54, 1.807) is 27.2 Å². The first-order valence-electron chi connectivity index (χ1n) is 14.2. The molecule has 2 unspecified atom stereocenters. The standard InChI is InChI=1S/C29H41N3O9/c1-5-12-29(2,17-33)41-28(37)40-18-32-24(34)9-8-23(26(32)36)31-16-20-15-21(6-7-22(20)25(31)35)30-13-10-19(11-14-30)27(38-3)39-4/h6-7,15,19,23,27,33H,5,8-14,16-18H2,1-4H3. The molecule has 3 aliphatic rings. The monoisotopic (exact) mass is 575 g/mol. The first-order valence-corrected chi connectivity index (χ1v) is 14.2. The van der Waals surface area contributed by atoms with Gasteiger partial charge in [-0.15, -0.1) is 0 Å². The molecule has 12 heteroatoms. The van der Waals surface area contributed by atoms with Gasteiger partial charge >= 0.3 is 6.16 Å². The van der Waals surface area contributed by atoms with E-state index in [0.29, 0.717) is 24.3 Å². The number of methoxy groups -OCH3 is 2. The maximum Gasteiger partial charge on any atom is 0.510 e. The molecular formula is C29H41N3O9. The van der Waals surface area contributed by atoms with Crippen LogP contribution < -0.4 is 4.90 Å². The molecule has 226 valence electrons. The number of imide groups is 1. The zero-order chi connectivity index (χ0) is 29.7. The number of hydrogen-bond acceptors (Lipinski definition) is 10. The van der Waals surface area contributed by atoms with Crippen LogP contribution in [0.1, 0.15) is 68.3 Å². The smallest absolute Gasteiger partial charge is 0.425 e. The van der Waals surface area contributed by atoms with E-state index in [9.17, 15) is 24.3 Å². The van der Waals surface area contributed by atoms with Gasteiger partial charge in [0.25, 0.3) is 11.8 Å². The Morgan fingerprint density at radius 3 is 2.46 bits per heavy atom. The van der Waals surface area contributed by atoms with E-state index in [-0.39, 0.29) is 38.2 Å². The molecular weight excluding hydrogens is 534 g/mol. The van der Waals surface area contributed by atoms with Gasteiger partial charge in [-0.2, -0.15) is 0 Å². The fraction of sp³-hybridized carbons (Fsp3) is 0.655. The van der Waals surface area contributed by atoms with Gasteiger partial charge in [0.05, 0.1) is 6.61 Å². The Morgan fingerprint density at radius 1 is 1.12 bits per heavy atom. The van der Waals surface area contributed by atoms with E-state index >= 15 is 0 Å². The predicted octanol–water partition coefficient (Wildman–Crippen LogP) is 2.66. The second-order valence-electron chi connectivity index (χ2n) is 11.1. The van der Waals surface area contributed by atoms with Crippen molar-refractivity contribution in [1.29, 1.82) is 0 Å². The summed E-state index contributed by atoms with van der Waals surface area (Å²) in [5.41, 5.74) is 1.26. The zero-order valence-corrected chi connectivity index (χ0v) is 24.3. The molecule has 1 aromatic carbocycles. The topological polar surface area (TPSA) is 135 Å². The van der Waals surface area contributed by atoms with Gasteiger partial charge in [-0.05, 0) is 56.4 Å². The highest BCUT2D eigenvalue weighted by atomic mass is 16.7. The minimum Gasteiger partial charge on any atom is -0.425 e. The second-order valence-corrected chi connectivity index (χ2v) is 11.1. The summed E-state index contributed by atoms with van der Waals surface area (Å²) in [6, 6.07) is 4.88. The first-order chi connectivity index (χ1) is 19.6. The summed E-state index contributed by atoms with van der Waals surface area (Å²) >= 11 is 0.